The second kappa shape index (κ2) is 11.7. The largest absolute Gasteiger partial charge is 0.346 e. The molecule has 0 unspecified atom stereocenters. The van der Waals surface area contributed by atoms with Gasteiger partial charge < -0.3 is 21.3 Å². The topological polar surface area (TPSA) is 105 Å². The van der Waals surface area contributed by atoms with Crippen LogP contribution >= 0.6 is 12.4 Å². The summed E-state index contributed by atoms with van der Waals surface area (Å²) in [5, 5.41) is 5.11. The molecule has 7 nitrogen and oxygen atoms in total. The monoisotopic (exact) mass is 404 g/mol. The molecule has 0 spiro atoms. The van der Waals surface area contributed by atoms with Gasteiger partial charge in [-0.2, -0.15) is 0 Å². The molecule has 0 aliphatic heterocycles. The highest BCUT2D eigenvalue weighted by Gasteiger charge is 2.25. The Bertz CT molecular complexity index is 772. The number of rotatable bonds is 8. The normalized spacial score (nSPS) is 10.9. The number of halogens is 1. The van der Waals surface area contributed by atoms with Crippen LogP contribution < -0.4 is 21.3 Å². The summed E-state index contributed by atoms with van der Waals surface area (Å²) >= 11 is 0. The summed E-state index contributed by atoms with van der Waals surface area (Å²) in [5.41, 5.74) is 6.86. The van der Waals surface area contributed by atoms with Crippen molar-refractivity contribution in [2.45, 2.75) is 12.5 Å². The summed E-state index contributed by atoms with van der Waals surface area (Å²) in [6, 6.07) is 17.8. The van der Waals surface area contributed by atoms with Crippen LogP contribution in [0.15, 0.2) is 60.7 Å². The van der Waals surface area contributed by atoms with E-state index in [1.165, 1.54) is 4.90 Å². The van der Waals surface area contributed by atoms with Crippen molar-refractivity contribution >= 4 is 35.8 Å². The molecule has 0 bridgehead atoms. The Morgan fingerprint density at radius 3 is 2.11 bits per heavy atom. The molecule has 0 saturated carbocycles. The molecule has 0 saturated heterocycles. The Kier molecular flexibility index (Phi) is 9.70. The maximum absolute atomic E-state index is 13.0. The van der Waals surface area contributed by atoms with Gasteiger partial charge in [0.25, 0.3) is 0 Å². The number of nitrogens with one attached hydrogen (secondary N) is 2. The van der Waals surface area contributed by atoms with Crippen LogP contribution in [0.4, 0.5) is 5.69 Å². The van der Waals surface area contributed by atoms with Crippen LogP contribution in [0, 0.1) is 0 Å². The minimum absolute atomic E-state index is 0. The first-order valence-electron chi connectivity index (χ1n) is 8.64. The molecule has 2 aromatic rings. The standard InChI is InChI=1S/C20H24N4O3.ClH/c1-24(16-10-6-3-7-11-16)20(27)17(12-15-8-4-2-5-9-15)23-19(26)14-22-18(25)13-21;/h2-11,17H,12-14,21H2,1H3,(H,22,25)(H,23,26);1H/t17-;/m0./s1. The van der Waals surface area contributed by atoms with Gasteiger partial charge in [-0.25, -0.2) is 0 Å². The number of carbonyl (C=O) groups excluding carboxylic acids is 3. The number of hydrogen-bond donors (Lipinski definition) is 3. The lowest BCUT2D eigenvalue weighted by molar-refractivity contribution is -0.128. The first-order valence-corrected chi connectivity index (χ1v) is 8.64. The fraction of sp³-hybridized carbons (Fsp3) is 0.250. The van der Waals surface area contributed by atoms with Crippen LogP contribution in [-0.2, 0) is 20.8 Å². The Morgan fingerprint density at radius 1 is 0.964 bits per heavy atom. The lowest BCUT2D eigenvalue weighted by Gasteiger charge is -2.25. The molecule has 0 aromatic heterocycles. The molecule has 0 radical (unpaired) electrons. The van der Waals surface area contributed by atoms with Gasteiger partial charge in [0.05, 0.1) is 13.1 Å². The Balaban J connectivity index is 0.00000392. The highest BCUT2D eigenvalue weighted by Crippen LogP contribution is 2.14. The van der Waals surface area contributed by atoms with E-state index >= 15 is 0 Å². The molecule has 0 heterocycles. The summed E-state index contributed by atoms with van der Waals surface area (Å²) in [6.45, 7) is -0.431. The van der Waals surface area contributed by atoms with Crippen molar-refractivity contribution in [1.29, 1.82) is 0 Å². The zero-order chi connectivity index (χ0) is 19.6. The lowest BCUT2D eigenvalue weighted by Crippen LogP contribution is -2.51. The van der Waals surface area contributed by atoms with Gasteiger partial charge in [-0.1, -0.05) is 48.5 Å². The lowest BCUT2D eigenvalue weighted by atomic mass is 10.0. The maximum atomic E-state index is 13.0. The van der Waals surface area contributed by atoms with E-state index in [1.54, 1.807) is 7.05 Å². The minimum Gasteiger partial charge on any atom is -0.346 e. The second-order valence-electron chi connectivity index (χ2n) is 6.02. The number of hydrogen-bond acceptors (Lipinski definition) is 4. The number of para-hydroxylation sites is 1. The molecule has 2 aromatic carbocycles. The third kappa shape index (κ3) is 7.02. The molecule has 28 heavy (non-hydrogen) atoms. The van der Waals surface area contributed by atoms with Crippen LogP contribution in [0.3, 0.4) is 0 Å². The van der Waals surface area contributed by atoms with Gasteiger partial charge in [-0.3, -0.25) is 14.4 Å². The van der Waals surface area contributed by atoms with E-state index < -0.39 is 17.9 Å². The average molecular weight is 405 g/mol. The molecule has 4 N–H and O–H groups in total. The zero-order valence-corrected chi connectivity index (χ0v) is 16.4. The molecule has 8 heteroatoms. The van der Waals surface area contributed by atoms with Crippen molar-refractivity contribution in [2.24, 2.45) is 5.73 Å². The Hall–Kier alpha value is -2.90. The number of nitrogens with zero attached hydrogens (tertiary/aromatic N) is 1. The van der Waals surface area contributed by atoms with Gasteiger partial charge in [-0.15, -0.1) is 12.4 Å². The Morgan fingerprint density at radius 2 is 1.54 bits per heavy atom. The zero-order valence-electron chi connectivity index (χ0n) is 15.6. The first kappa shape index (κ1) is 23.1. The SMILES string of the molecule is CN(C(=O)[C@H](Cc1ccccc1)NC(=O)CNC(=O)CN)c1ccccc1.Cl. The van der Waals surface area contributed by atoms with E-state index in [1.807, 2.05) is 60.7 Å². The van der Waals surface area contributed by atoms with Crippen LogP contribution in [0.5, 0.6) is 0 Å². The van der Waals surface area contributed by atoms with Crippen LogP contribution in [0.2, 0.25) is 0 Å². The van der Waals surface area contributed by atoms with Gasteiger partial charge in [0.15, 0.2) is 0 Å². The summed E-state index contributed by atoms with van der Waals surface area (Å²) in [5.74, 6) is -1.13. The molecule has 0 fully saturated rings. The van der Waals surface area contributed by atoms with Crippen LogP contribution in [-0.4, -0.2) is 43.9 Å². The number of carbonyl (C=O) groups is 3. The van der Waals surface area contributed by atoms with E-state index in [0.29, 0.717) is 6.42 Å². The smallest absolute Gasteiger partial charge is 0.249 e. The summed E-state index contributed by atoms with van der Waals surface area (Å²) in [7, 11) is 1.66. The van der Waals surface area contributed by atoms with E-state index in [-0.39, 0.29) is 31.4 Å². The van der Waals surface area contributed by atoms with Crippen LogP contribution in [0.25, 0.3) is 0 Å². The predicted octanol–water partition coefficient (Wildman–Crippen LogP) is 0.874. The Labute approximate surface area is 170 Å². The highest BCUT2D eigenvalue weighted by molar-refractivity contribution is 5.99. The molecule has 0 aliphatic rings. The highest BCUT2D eigenvalue weighted by atomic mass is 35.5. The third-order valence-corrected chi connectivity index (χ3v) is 4.02. The van der Waals surface area contributed by atoms with Crippen molar-refractivity contribution in [1.82, 2.24) is 10.6 Å². The molecule has 2 rings (SSSR count). The summed E-state index contributed by atoms with van der Waals surface area (Å²) in [6.07, 6.45) is 0.341. The average Bonchev–Trinajstić information content (AvgIpc) is 2.71. The van der Waals surface area contributed by atoms with Gasteiger partial charge in [0.1, 0.15) is 6.04 Å². The maximum Gasteiger partial charge on any atom is 0.249 e. The van der Waals surface area contributed by atoms with Gasteiger partial charge in [-0.05, 0) is 17.7 Å². The molecule has 1 atom stereocenters. The number of nitrogens with two attached hydrogens (primary N) is 1. The van der Waals surface area contributed by atoms with Crippen molar-refractivity contribution in [2.75, 3.05) is 25.0 Å². The van der Waals surface area contributed by atoms with Gasteiger partial charge >= 0.3 is 0 Å². The van der Waals surface area contributed by atoms with Crippen molar-refractivity contribution in [3.05, 3.63) is 66.2 Å². The molecule has 3 amide bonds. The van der Waals surface area contributed by atoms with Crippen molar-refractivity contribution < 1.29 is 14.4 Å². The van der Waals surface area contributed by atoms with E-state index in [0.717, 1.165) is 11.3 Å². The minimum atomic E-state index is -0.764. The van der Waals surface area contributed by atoms with Crippen molar-refractivity contribution in [3.8, 4) is 0 Å². The second-order valence-corrected chi connectivity index (χ2v) is 6.02. The quantitative estimate of drug-likeness (QED) is 0.607. The predicted molar refractivity (Wildman–Crippen MR) is 111 cm³/mol. The summed E-state index contributed by atoms with van der Waals surface area (Å²) in [4.78, 5) is 37.9. The van der Waals surface area contributed by atoms with Gasteiger partial charge in [0.2, 0.25) is 17.7 Å². The molecule has 150 valence electrons. The first-order chi connectivity index (χ1) is 13.0. The fourth-order valence-electron chi connectivity index (χ4n) is 2.56. The van der Waals surface area contributed by atoms with E-state index in [4.69, 9.17) is 5.73 Å². The fourth-order valence-corrected chi connectivity index (χ4v) is 2.56. The molecular formula is C20H25ClN4O3. The van der Waals surface area contributed by atoms with Crippen molar-refractivity contribution in [3.63, 3.8) is 0 Å². The van der Waals surface area contributed by atoms with Gasteiger partial charge in [0, 0.05) is 19.2 Å². The number of likely N-dealkylation sites (N-methyl/N-ethyl adjacent to an activating group) is 1. The number of amides is 3. The summed E-state index contributed by atoms with van der Waals surface area (Å²) < 4.78 is 0. The van der Waals surface area contributed by atoms with E-state index in [9.17, 15) is 14.4 Å². The molecular weight excluding hydrogens is 380 g/mol. The van der Waals surface area contributed by atoms with E-state index in [2.05, 4.69) is 10.6 Å². The molecule has 0 aliphatic carbocycles. The van der Waals surface area contributed by atoms with Crippen LogP contribution in [0.1, 0.15) is 5.56 Å². The number of benzene rings is 2. The third-order valence-electron chi connectivity index (χ3n) is 4.02. The number of anilines is 1.